The molecule has 2 rings (SSSR count). The number of nitrogens with one attached hydrogen (secondary N) is 1. The fraction of sp³-hybridized carbons (Fsp3) is 0.444. The van der Waals surface area contributed by atoms with E-state index in [1.54, 1.807) is 30.5 Å². The quantitative estimate of drug-likeness (QED) is 0.724. The summed E-state index contributed by atoms with van der Waals surface area (Å²) in [6.45, 7) is 4.91. The molecule has 2 aromatic rings. The molecule has 6 heteroatoms. The standard InChI is InChI=1S/C18H24N2O4/c1-18(2,13-21)9-5-10-19-17(23)15-8-7-14(24-15)12-20-11-4-3-6-16(20)22/h3-4,6-8,11,21H,5,9-10,12-13H2,1-2H3,(H,19,23). The molecule has 6 nitrogen and oxygen atoms in total. The van der Waals surface area contributed by atoms with Crippen LogP contribution in [0.4, 0.5) is 0 Å². The highest BCUT2D eigenvalue weighted by Gasteiger charge is 2.16. The van der Waals surface area contributed by atoms with Gasteiger partial charge in [-0.15, -0.1) is 0 Å². The van der Waals surface area contributed by atoms with Gasteiger partial charge in [-0.25, -0.2) is 0 Å². The average Bonchev–Trinajstić information content (AvgIpc) is 3.02. The van der Waals surface area contributed by atoms with Crippen molar-refractivity contribution in [2.24, 2.45) is 5.41 Å². The van der Waals surface area contributed by atoms with Gasteiger partial charge in [0.2, 0.25) is 0 Å². The maximum atomic E-state index is 12.0. The van der Waals surface area contributed by atoms with Crippen LogP contribution in [0.25, 0.3) is 0 Å². The van der Waals surface area contributed by atoms with Crippen LogP contribution in [-0.2, 0) is 6.54 Å². The minimum atomic E-state index is -0.275. The minimum absolute atomic E-state index is 0.119. The second kappa shape index (κ2) is 7.97. The van der Waals surface area contributed by atoms with Crippen LogP contribution in [-0.4, -0.2) is 28.7 Å². The molecule has 130 valence electrons. The second-order valence-electron chi connectivity index (χ2n) is 6.61. The first-order valence-electron chi connectivity index (χ1n) is 8.04. The molecule has 2 N–H and O–H groups in total. The predicted molar refractivity (Wildman–Crippen MR) is 90.9 cm³/mol. The summed E-state index contributed by atoms with van der Waals surface area (Å²) in [6.07, 6.45) is 3.28. The van der Waals surface area contributed by atoms with Gasteiger partial charge >= 0.3 is 0 Å². The Kier molecular flexibility index (Phi) is 5.98. The number of hydrogen-bond acceptors (Lipinski definition) is 4. The third-order valence-electron chi connectivity index (χ3n) is 3.85. The molecule has 0 saturated heterocycles. The number of aliphatic hydroxyl groups is 1. The van der Waals surface area contributed by atoms with E-state index in [0.717, 1.165) is 12.8 Å². The topological polar surface area (TPSA) is 84.5 Å². The van der Waals surface area contributed by atoms with E-state index >= 15 is 0 Å². The first-order valence-corrected chi connectivity index (χ1v) is 8.04. The van der Waals surface area contributed by atoms with Crippen molar-refractivity contribution in [2.45, 2.75) is 33.2 Å². The van der Waals surface area contributed by atoms with Crippen LogP contribution in [0.1, 0.15) is 43.0 Å². The van der Waals surface area contributed by atoms with Gasteiger partial charge in [0.15, 0.2) is 5.76 Å². The first kappa shape index (κ1) is 18.0. The van der Waals surface area contributed by atoms with Crippen molar-refractivity contribution < 1.29 is 14.3 Å². The highest BCUT2D eigenvalue weighted by molar-refractivity contribution is 5.91. The number of aromatic nitrogens is 1. The molecule has 2 aromatic heterocycles. The zero-order chi connectivity index (χ0) is 17.6. The van der Waals surface area contributed by atoms with Gasteiger partial charge in [0, 0.05) is 25.4 Å². The molecule has 0 spiro atoms. The molecule has 0 aliphatic heterocycles. The monoisotopic (exact) mass is 332 g/mol. The lowest BCUT2D eigenvalue weighted by Crippen LogP contribution is -2.26. The Labute approximate surface area is 141 Å². The summed E-state index contributed by atoms with van der Waals surface area (Å²) >= 11 is 0. The van der Waals surface area contributed by atoms with E-state index in [1.807, 2.05) is 13.8 Å². The lowest BCUT2D eigenvalue weighted by molar-refractivity contribution is 0.0919. The maximum Gasteiger partial charge on any atom is 0.286 e. The number of nitrogens with zero attached hydrogens (tertiary/aromatic N) is 1. The minimum Gasteiger partial charge on any atom is -0.454 e. The fourth-order valence-corrected chi connectivity index (χ4v) is 2.28. The average molecular weight is 332 g/mol. The zero-order valence-corrected chi connectivity index (χ0v) is 14.1. The first-order chi connectivity index (χ1) is 11.4. The van der Waals surface area contributed by atoms with Crippen LogP contribution < -0.4 is 10.9 Å². The summed E-state index contributed by atoms with van der Waals surface area (Å²) in [5.41, 5.74) is -0.252. The van der Waals surface area contributed by atoms with Crippen molar-refractivity contribution in [3.63, 3.8) is 0 Å². The van der Waals surface area contributed by atoms with E-state index in [-0.39, 0.29) is 35.8 Å². The Balaban J connectivity index is 1.85. The molecule has 0 fully saturated rings. The van der Waals surface area contributed by atoms with Gasteiger partial charge in [0.25, 0.3) is 11.5 Å². The van der Waals surface area contributed by atoms with E-state index < -0.39 is 0 Å². The molecule has 0 aromatic carbocycles. The van der Waals surface area contributed by atoms with Gasteiger partial charge in [-0.2, -0.15) is 0 Å². The van der Waals surface area contributed by atoms with E-state index in [1.165, 1.54) is 10.6 Å². The van der Waals surface area contributed by atoms with Crippen LogP contribution >= 0.6 is 0 Å². The molecule has 1 amide bonds. The third-order valence-corrected chi connectivity index (χ3v) is 3.85. The number of amides is 1. The molecular formula is C18H24N2O4. The van der Waals surface area contributed by atoms with Gasteiger partial charge in [-0.3, -0.25) is 9.59 Å². The second-order valence-corrected chi connectivity index (χ2v) is 6.61. The van der Waals surface area contributed by atoms with Crippen molar-refractivity contribution >= 4 is 5.91 Å². The van der Waals surface area contributed by atoms with Gasteiger partial charge in [0.1, 0.15) is 5.76 Å². The number of carbonyl (C=O) groups excluding carboxylic acids is 1. The van der Waals surface area contributed by atoms with Crippen LogP contribution in [0.5, 0.6) is 0 Å². The molecule has 24 heavy (non-hydrogen) atoms. The molecule has 0 atom stereocenters. The summed E-state index contributed by atoms with van der Waals surface area (Å²) in [5.74, 6) is 0.508. The van der Waals surface area contributed by atoms with Crippen LogP contribution in [0.3, 0.4) is 0 Å². The summed E-state index contributed by atoms with van der Waals surface area (Å²) in [5, 5.41) is 12.0. The Morgan fingerprint density at radius 2 is 2.08 bits per heavy atom. The largest absolute Gasteiger partial charge is 0.454 e. The summed E-state index contributed by atoms with van der Waals surface area (Å²) in [7, 11) is 0. The van der Waals surface area contributed by atoms with Crippen molar-refractivity contribution in [3.05, 3.63) is 58.4 Å². The highest BCUT2D eigenvalue weighted by Crippen LogP contribution is 2.20. The molecule has 0 bridgehead atoms. The number of rotatable bonds is 8. The Morgan fingerprint density at radius 3 is 2.79 bits per heavy atom. The van der Waals surface area contributed by atoms with Crippen LogP contribution in [0.15, 0.2) is 45.7 Å². The molecule has 0 unspecified atom stereocenters. The molecule has 0 saturated carbocycles. The predicted octanol–water partition coefficient (Wildman–Crippen LogP) is 2.02. The number of furan rings is 1. The Morgan fingerprint density at radius 1 is 1.29 bits per heavy atom. The fourth-order valence-electron chi connectivity index (χ4n) is 2.28. The van der Waals surface area contributed by atoms with Crippen molar-refractivity contribution in [2.75, 3.05) is 13.2 Å². The van der Waals surface area contributed by atoms with Gasteiger partial charge in [-0.05, 0) is 36.5 Å². The normalized spacial score (nSPS) is 11.5. The SMILES string of the molecule is CC(C)(CO)CCCNC(=O)c1ccc(Cn2ccccc2=O)o1. The molecular weight excluding hydrogens is 308 g/mol. The number of hydrogen-bond donors (Lipinski definition) is 2. The van der Waals surface area contributed by atoms with E-state index in [0.29, 0.717) is 12.3 Å². The van der Waals surface area contributed by atoms with Gasteiger partial charge < -0.3 is 19.4 Å². The maximum absolute atomic E-state index is 12.0. The summed E-state index contributed by atoms with van der Waals surface area (Å²) in [4.78, 5) is 23.7. The van der Waals surface area contributed by atoms with Crippen molar-refractivity contribution in [1.29, 1.82) is 0 Å². The van der Waals surface area contributed by atoms with Crippen LogP contribution in [0, 0.1) is 5.41 Å². The number of aliphatic hydroxyl groups excluding tert-OH is 1. The van der Waals surface area contributed by atoms with E-state index in [4.69, 9.17) is 4.42 Å². The van der Waals surface area contributed by atoms with Crippen molar-refractivity contribution in [1.82, 2.24) is 9.88 Å². The number of pyridine rings is 1. The Hall–Kier alpha value is -2.34. The lowest BCUT2D eigenvalue weighted by Gasteiger charge is -2.21. The van der Waals surface area contributed by atoms with E-state index in [9.17, 15) is 14.7 Å². The zero-order valence-electron chi connectivity index (χ0n) is 14.1. The Bertz CT molecular complexity index is 730. The van der Waals surface area contributed by atoms with Gasteiger partial charge in [0.05, 0.1) is 6.54 Å². The van der Waals surface area contributed by atoms with E-state index in [2.05, 4.69) is 5.32 Å². The van der Waals surface area contributed by atoms with Crippen LogP contribution in [0.2, 0.25) is 0 Å². The third kappa shape index (κ3) is 5.09. The molecule has 0 radical (unpaired) electrons. The lowest BCUT2D eigenvalue weighted by atomic mass is 9.89. The van der Waals surface area contributed by atoms with Crippen molar-refractivity contribution in [3.8, 4) is 0 Å². The summed E-state index contributed by atoms with van der Waals surface area (Å²) < 4.78 is 7.02. The highest BCUT2D eigenvalue weighted by atomic mass is 16.4. The number of carbonyl (C=O) groups is 1. The molecule has 0 aliphatic carbocycles. The van der Waals surface area contributed by atoms with Gasteiger partial charge in [-0.1, -0.05) is 19.9 Å². The molecule has 0 aliphatic rings. The smallest absolute Gasteiger partial charge is 0.286 e. The summed E-state index contributed by atoms with van der Waals surface area (Å²) in [6, 6.07) is 8.23. The molecule has 2 heterocycles.